The first-order chi connectivity index (χ1) is 8.74. The third kappa shape index (κ3) is 4.16. The fourth-order valence-corrected chi connectivity index (χ4v) is 2.25. The topological polar surface area (TPSA) is 57.5 Å². The van der Waals surface area contributed by atoms with Crippen LogP contribution in [0.25, 0.3) is 0 Å². The van der Waals surface area contributed by atoms with Crippen LogP contribution in [0.1, 0.15) is 18.6 Å². The van der Waals surface area contributed by atoms with Gasteiger partial charge >= 0.3 is 0 Å². The smallest absolute Gasteiger partial charge is 0.234 e. The molecule has 1 saturated heterocycles. The predicted octanol–water partition coefficient (Wildman–Crippen LogP) is 0.580. The molecular formula is C13H21N3O2. The van der Waals surface area contributed by atoms with E-state index in [1.54, 1.807) is 6.26 Å². The monoisotopic (exact) mass is 251 g/mol. The predicted molar refractivity (Wildman–Crippen MR) is 69.1 cm³/mol. The maximum absolute atomic E-state index is 11.7. The Morgan fingerprint density at radius 1 is 1.67 bits per heavy atom. The van der Waals surface area contributed by atoms with Crippen LogP contribution in [0.5, 0.6) is 0 Å². The van der Waals surface area contributed by atoms with Crippen molar-refractivity contribution in [3.63, 3.8) is 0 Å². The molecule has 0 aliphatic carbocycles. The minimum atomic E-state index is 0.0342. The zero-order valence-electron chi connectivity index (χ0n) is 10.8. The van der Waals surface area contributed by atoms with Crippen molar-refractivity contribution in [1.82, 2.24) is 15.5 Å². The molecular weight excluding hydrogens is 230 g/mol. The van der Waals surface area contributed by atoms with Crippen LogP contribution >= 0.6 is 0 Å². The molecule has 2 rings (SSSR count). The molecule has 0 aromatic carbocycles. The Morgan fingerprint density at radius 2 is 2.56 bits per heavy atom. The van der Waals surface area contributed by atoms with Crippen LogP contribution in [0, 0.1) is 0 Å². The summed E-state index contributed by atoms with van der Waals surface area (Å²) in [6.45, 7) is 2.91. The van der Waals surface area contributed by atoms with E-state index in [-0.39, 0.29) is 5.91 Å². The molecule has 1 aliphatic heterocycles. The highest BCUT2D eigenvalue weighted by Crippen LogP contribution is 2.05. The maximum atomic E-state index is 11.7. The van der Waals surface area contributed by atoms with E-state index in [1.807, 2.05) is 19.2 Å². The lowest BCUT2D eigenvalue weighted by molar-refractivity contribution is -0.122. The molecule has 1 aromatic rings. The van der Waals surface area contributed by atoms with Crippen molar-refractivity contribution in [1.29, 1.82) is 0 Å². The molecule has 18 heavy (non-hydrogen) atoms. The van der Waals surface area contributed by atoms with E-state index in [4.69, 9.17) is 4.42 Å². The average Bonchev–Trinajstić information content (AvgIpc) is 2.98. The van der Waals surface area contributed by atoms with E-state index in [0.29, 0.717) is 19.1 Å². The Bertz CT molecular complexity index is 358. The minimum Gasteiger partial charge on any atom is -0.467 e. The number of furan rings is 1. The van der Waals surface area contributed by atoms with Gasteiger partial charge in [-0.3, -0.25) is 9.69 Å². The molecule has 5 nitrogen and oxygen atoms in total. The molecule has 1 aromatic heterocycles. The number of rotatable bonds is 6. The number of nitrogens with zero attached hydrogens (tertiary/aromatic N) is 1. The Kier molecular flexibility index (Phi) is 4.78. The number of hydrogen-bond acceptors (Lipinski definition) is 4. The van der Waals surface area contributed by atoms with Crippen LogP contribution in [0.4, 0.5) is 0 Å². The van der Waals surface area contributed by atoms with Gasteiger partial charge in [0.1, 0.15) is 5.76 Å². The number of hydrogen-bond donors (Lipinski definition) is 2. The summed E-state index contributed by atoms with van der Waals surface area (Å²) in [4.78, 5) is 13.8. The first-order valence-corrected chi connectivity index (χ1v) is 6.45. The van der Waals surface area contributed by atoms with Gasteiger partial charge in [-0.15, -0.1) is 0 Å². The standard InChI is InChI=1S/C13H21N3O2/c1-16(9-11-4-2-6-14-11)10-13(17)15-8-12-5-3-7-18-12/h3,5,7,11,14H,2,4,6,8-10H2,1H3,(H,15,17). The van der Waals surface area contributed by atoms with Crippen molar-refractivity contribution in [3.8, 4) is 0 Å². The van der Waals surface area contributed by atoms with Crippen LogP contribution in [-0.4, -0.2) is 43.5 Å². The minimum absolute atomic E-state index is 0.0342. The van der Waals surface area contributed by atoms with Gasteiger partial charge in [-0.05, 0) is 38.6 Å². The number of amides is 1. The first-order valence-electron chi connectivity index (χ1n) is 6.45. The zero-order valence-corrected chi connectivity index (χ0v) is 10.8. The van der Waals surface area contributed by atoms with E-state index in [1.165, 1.54) is 12.8 Å². The lowest BCUT2D eigenvalue weighted by Crippen LogP contribution is -2.41. The number of likely N-dealkylation sites (N-methyl/N-ethyl adjacent to an activating group) is 1. The number of carbonyl (C=O) groups is 1. The van der Waals surface area contributed by atoms with Crippen molar-refractivity contribution in [2.75, 3.05) is 26.7 Å². The van der Waals surface area contributed by atoms with Crippen molar-refractivity contribution < 1.29 is 9.21 Å². The summed E-state index contributed by atoms with van der Waals surface area (Å²) in [5.74, 6) is 0.815. The van der Waals surface area contributed by atoms with Gasteiger partial charge < -0.3 is 15.1 Å². The van der Waals surface area contributed by atoms with Crippen LogP contribution in [0.3, 0.4) is 0 Å². The molecule has 0 radical (unpaired) electrons. The largest absolute Gasteiger partial charge is 0.467 e. The van der Waals surface area contributed by atoms with Gasteiger partial charge in [0.25, 0.3) is 0 Å². The van der Waals surface area contributed by atoms with E-state index < -0.39 is 0 Å². The molecule has 1 fully saturated rings. The van der Waals surface area contributed by atoms with E-state index >= 15 is 0 Å². The number of nitrogens with one attached hydrogen (secondary N) is 2. The molecule has 1 unspecified atom stereocenters. The molecule has 0 bridgehead atoms. The van der Waals surface area contributed by atoms with Crippen LogP contribution < -0.4 is 10.6 Å². The average molecular weight is 251 g/mol. The second-order valence-electron chi connectivity index (χ2n) is 4.85. The summed E-state index contributed by atoms with van der Waals surface area (Å²) in [5.41, 5.74) is 0. The molecule has 0 saturated carbocycles. The van der Waals surface area contributed by atoms with E-state index in [0.717, 1.165) is 18.8 Å². The molecule has 2 N–H and O–H groups in total. The summed E-state index contributed by atoms with van der Waals surface area (Å²) in [6, 6.07) is 4.21. The molecule has 1 aliphatic rings. The SMILES string of the molecule is CN(CC(=O)NCc1ccco1)CC1CCCN1. The second kappa shape index (κ2) is 6.56. The van der Waals surface area contributed by atoms with Gasteiger partial charge in [0.05, 0.1) is 19.4 Å². The number of carbonyl (C=O) groups excluding carboxylic acids is 1. The zero-order chi connectivity index (χ0) is 12.8. The van der Waals surface area contributed by atoms with Crippen molar-refractivity contribution in [2.45, 2.75) is 25.4 Å². The summed E-state index contributed by atoms with van der Waals surface area (Å²) < 4.78 is 5.16. The summed E-state index contributed by atoms with van der Waals surface area (Å²) in [5, 5.41) is 6.27. The Morgan fingerprint density at radius 3 is 3.22 bits per heavy atom. The lowest BCUT2D eigenvalue weighted by Gasteiger charge is -2.20. The van der Waals surface area contributed by atoms with Crippen molar-refractivity contribution in [3.05, 3.63) is 24.2 Å². The maximum Gasteiger partial charge on any atom is 0.234 e. The summed E-state index contributed by atoms with van der Waals surface area (Å²) in [6.07, 6.45) is 4.06. The highest BCUT2D eigenvalue weighted by molar-refractivity contribution is 5.77. The van der Waals surface area contributed by atoms with Gasteiger partial charge in [0.15, 0.2) is 0 Å². The molecule has 100 valence electrons. The quantitative estimate of drug-likeness (QED) is 0.776. The lowest BCUT2D eigenvalue weighted by atomic mass is 10.2. The fourth-order valence-electron chi connectivity index (χ4n) is 2.25. The van der Waals surface area contributed by atoms with Gasteiger partial charge in [0.2, 0.25) is 5.91 Å². The fraction of sp³-hybridized carbons (Fsp3) is 0.615. The van der Waals surface area contributed by atoms with E-state index in [9.17, 15) is 4.79 Å². The molecule has 2 heterocycles. The van der Waals surface area contributed by atoms with E-state index in [2.05, 4.69) is 15.5 Å². The van der Waals surface area contributed by atoms with Gasteiger partial charge in [0, 0.05) is 12.6 Å². The van der Waals surface area contributed by atoms with Gasteiger partial charge in [-0.1, -0.05) is 0 Å². The highest BCUT2D eigenvalue weighted by Gasteiger charge is 2.17. The Labute approximate surface area is 108 Å². The molecule has 5 heteroatoms. The molecule has 1 atom stereocenters. The Balaban J connectivity index is 1.63. The first kappa shape index (κ1) is 13.1. The van der Waals surface area contributed by atoms with Gasteiger partial charge in [-0.25, -0.2) is 0 Å². The summed E-state index contributed by atoms with van der Waals surface area (Å²) in [7, 11) is 1.98. The second-order valence-corrected chi connectivity index (χ2v) is 4.85. The van der Waals surface area contributed by atoms with Crippen LogP contribution in [0.15, 0.2) is 22.8 Å². The highest BCUT2D eigenvalue weighted by atomic mass is 16.3. The summed E-state index contributed by atoms with van der Waals surface area (Å²) >= 11 is 0. The Hall–Kier alpha value is -1.33. The van der Waals surface area contributed by atoms with Crippen LogP contribution in [0.2, 0.25) is 0 Å². The van der Waals surface area contributed by atoms with Gasteiger partial charge in [-0.2, -0.15) is 0 Å². The normalized spacial score (nSPS) is 19.3. The van der Waals surface area contributed by atoms with Crippen LogP contribution in [-0.2, 0) is 11.3 Å². The molecule has 1 amide bonds. The third-order valence-electron chi connectivity index (χ3n) is 3.15. The van der Waals surface area contributed by atoms with Crippen molar-refractivity contribution >= 4 is 5.91 Å². The molecule has 0 spiro atoms. The van der Waals surface area contributed by atoms with Crippen molar-refractivity contribution in [2.24, 2.45) is 0 Å². The third-order valence-corrected chi connectivity index (χ3v) is 3.15.